The molecule has 1 aliphatic carbocycles. The van der Waals surface area contributed by atoms with Crippen molar-refractivity contribution in [3.63, 3.8) is 0 Å². The molecule has 1 amide bonds. The van der Waals surface area contributed by atoms with Gasteiger partial charge >= 0.3 is 0 Å². The van der Waals surface area contributed by atoms with Crippen molar-refractivity contribution in [1.82, 2.24) is 20.0 Å². The Morgan fingerprint density at radius 1 is 1.38 bits per heavy atom. The van der Waals surface area contributed by atoms with Crippen LogP contribution in [0.1, 0.15) is 56.2 Å². The molecule has 1 N–H and O–H groups in total. The van der Waals surface area contributed by atoms with Crippen molar-refractivity contribution in [3.05, 3.63) is 17.5 Å². The molecule has 5 heteroatoms. The highest BCUT2D eigenvalue weighted by Gasteiger charge is 2.30. The number of hydrogen-bond donors (Lipinski definition) is 1. The summed E-state index contributed by atoms with van der Waals surface area (Å²) in [5, 5.41) is 7.69. The van der Waals surface area contributed by atoms with Gasteiger partial charge in [0.1, 0.15) is 0 Å². The minimum absolute atomic E-state index is 0.00961. The SMILES string of the molecule is CCC1C(=O)NCCN1Cc1cn(C)nc1C1CCCC1. The molecular formula is C16H26N4O. The lowest BCUT2D eigenvalue weighted by Crippen LogP contribution is -2.54. The Morgan fingerprint density at radius 3 is 2.86 bits per heavy atom. The van der Waals surface area contributed by atoms with Gasteiger partial charge in [-0.2, -0.15) is 5.10 Å². The van der Waals surface area contributed by atoms with Gasteiger partial charge in [-0.15, -0.1) is 0 Å². The van der Waals surface area contributed by atoms with Crippen molar-refractivity contribution in [3.8, 4) is 0 Å². The third-order valence-corrected chi connectivity index (χ3v) is 4.88. The standard InChI is InChI=1S/C16H26N4O/c1-3-14-16(21)17-8-9-20(14)11-13-10-19(2)18-15(13)12-6-4-5-7-12/h10,12,14H,3-9,11H2,1-2H3,(H,17,21). The van der Waals surface area contributed by atoms with Gasteiger partial charge in [0.25, 0.3) is 0 Å². The van der Waals surface area contributed by atoms with Gasteiger partial charge in [0, 0.05) is 44.4 Å². The van der Waals surface area contributed by atoms with Crippen LogP contribution in [0.3, 0.4) is 0 Å². The van der Waals surface area contributed by atoms with E-state index in [4.69, 9.17) is 5.10 Å². The second kappa shape index (κ2) is 6.18. The van der Waals surface area contributed by atoms with Crippen LogP contribution in [0.25, 0.3) is 0 Å². The molecule has 2 fully saturated rings. The van der Waals surface area contributed by atoms with E-state index in [1.54, 1.807) is 0 Å². The van der Waals surface area contributed by atoms with E-state index in [2.05, 4.69) is 23.3 Å². The maximum Gasteiger partial charge on any atom is 0.237 e. The fourth-order valence-corrected chi connectivity index (χ4v) is 3.83. The topological polar surface area (TPSA) is 50.2 Å². The normalized spacial score (nSPS) is 24.5. The number of piperazine rings is 1. The average Bonchev–Trinajstić information content (AvgIpc) is 3.08. The lowest BCUT2D eigenvalue weighted by atomic mass is 9.99. The van der Waals surface area contributed by atoms with Crippen molar-refractivity contribution in [2.24, 2.45) is 7.05 Å². The summed E-state index contributed by atoms with van der Waals surface area (Å²) in [6.07, 6.45) is 8.19. The third kappa shape index (κ3) is 2.98. The predicted octanol–water partition coefficient (Wildman–Crippen LogP) is 1.79. The van der Waals surface area contributed by atoms with Gasteiger partial charge < -0.3 is 5.32 Å². The molecule has 1 saturated carbocycles. The molecule has 1 saturated heterocycles. The number of aromatic nitrogens is 2. The number of nitrogens with zero attached hydrogens (tertiary/aromatic N) is 3. The molecule has 1 atom stereocenters. The summed E-state index contributed by atoms with van der Waals surface area (Å²) in [6.45, 7) is 4.63. The van der Waals surface area contributed by atoms with Crippen LogP contribution in [0.2, 0.25) is 0 Å². The van der Waals surface area contributed by atoms with Gasteiger partial charge in [-0.1, -0.05) is 19.8 Å². The van der Waals surface area contributed by atoms with E-state index in [-0.39, 0.29) is 11.9 Å². The molecule has 0 aromatic carbocycles. The zero-order valence-electron chi connectivity index (χ0n) is 13.1. The monoisotopic (exact) mass is 290 g/mol. The van der Waals surface area contributed by atoms with Crippen molar-refractivity contribution in [2.75, 3.05) is 13.1 Å². The van der Waals surface area contributed by atoms with Crippen LogP contribution < -0.4 is 5.32 Å². The van der Waals surface area contributed by atoms with Crippen LogP contribution >= 0.6 is 0 Å². The number of carbonyl (C=O) groups is 1. The summed E-state index contributed by atoms with van der Waals surface area (Å²) < 4.78 is 1.94. The molecule has 3 rings (SSSR count). The average molecular weight is 290 g/mol. The van der Waals surface area contributed by atoms with Gasteiger partial charge in [0.05, 0.1) is 11.7 Å². The van der Waals surface area contributed by atoms with E-state index in [1.165, 1.54) is 36.9 Å². The highest BCUT2D eigenvalue weighted by molar-refractivity contribution is 5.82. The first-order valence-corrected chi connectivity index (χ1v) is 8.23. The molecule has 5 nitrogen and oxygen atoms in total. The van der Waals surface area contributed by atoms with Crippen LogP contribution in [-0.4, -0.2) is 39.7 Å². The molecule has 116 valence electrons. The van der Waals surface area contributed by atoms with Crippen LogP contribution in [0.4, 0.5) is 0 Å². The lowest BCUT2D eigenvalue weighted by Gasteiger charge is -2.34. The van der Waals surface area contributed by atoms with Crippen molar-refractivity contribution in [1.29, 1.82) is 0 Å². The molecule has 1 aliphatic heterocycles. The predicted molar refractivity (Wildman–Crippen MR) is 81.9 cm³/mol. The number of rotatable bonds is 4. The highest BCUT2D eigenvalue weighted by Crippen LogP contribution is 2.35. The van der Waals surface area contributed by atoms with Crippen molar-refractivity contribution >= 4 is 5.91 Å². The van der Waals surface area contributed by atoms with Crippen LogP contribution in [0.5, 0.6) is 0 Å². The quantitative estimate of drug-likeness (QED) is 0.920. The zero-order chi connectivity index (χ0) is 14.8. The number of nitrogens with one attached hydrogen (secondary N) is 1. The molecule has 0 bridgehead atoms. The van der Waals surface area contributed by atoms with E-state index in [1.807, 2.05) is 11.7 Å². The van der Waals surface area contributed by atoms with Gasteiger partial charge in [-0.3, -0.25) is 14.4 Å². The number of amides is 1. The van der Waals surface area contributed by atoms with Crippen LogP contribution in [-0.2, 0) is 18.4 Å². The second-order valence-electron chi connectivity index (χ2n) is 6.38. The summed E-state index contributed by atoms with van der Waals surface area (Å²) in [4.78, 5) is 14.3. The molecule has 1 unspecified atom stereocenters. The highest BCUT2D eigenvalue weighted by atomic mass is 16.2. The molecule has 2 heterocycles. The summed E-state index contributed by atoms with van der Waals surface area (Å²) >= 11 is 0. The number of carbonyl (C=O) groups excluding carboxylic acids is 1. The second-order valence-corrected chi connectivity index (χ2v) is 6.38. The minimum Gasteiger partial charge on any atom is -0.353 e. The smallest absolute Gasteiger partial charge is 0.237 e. The molecular weight excluding hydrogens is 264 g/mol. The Bertz CT molecular complexity index is 504. The fourth-order valence-electron chi connectivity index (χ4n) is 3.83. The van der Waals surface area contributed by atoms with E-state index < -0.39 is 0 Å². The molecule has 2 aliphatic rings. The first-order chi connectivity index (χ1) is 10.2. The summed E-state index contributed by atoms with van der Waals surface area (Å²) in [5.41, 5.74) is 2.59. The zero-order valence-corrected chi connectivity index (χ0v) is 13.1. The van der Waals surface area contributed by atoms with Gasteiger partial charge in [0.15, 0.2) is 0 Å². The first-order valence-electron chi connectivity index (χ1n) is 8.23. The van der Waals surface area contributed by atoms with Gasteiger partial charge in [-0.25, -0.2) is 0 Å². The summed E-state index contributed by atoms with van der Waals surface area (Å²) in [5.74, 6) is 0.801. The Morgan fingerprint density at radius 2 is 2.14 bits per heavy atom. The van der Waals surface area contributed by atoms with E-state index in [0.29, 0.717) is 5.92 Å². The number of hydrogen-bond acceptors (Lipinski definition) is 3. The third-order valence-electron chi connectivity index (χ3n) is 4.88. The molecule has 1 aromatic rings. The minimum atomic E-state index is 0.00961. The summed E-state index contributed by atoms with van der Waals surface area (Å²) in [7, 11) is 2.00. The van der Waals surface area contributed by atoms with Crippen molar-refractivity contribution in [2.45, 2.75) is 57.5 Å². The Kier molecular flexibility index (Phi) is 4.29. The van der Waals surface area contributed by atoms with Gasteiger partial charge in [0.2, 0.25) is 5.91 Å². The van der Waals surface area contributed by atoms with Crippen LogP contribution in [0, 0.1) is 0 Å². The molecule has 21 heavy (non-hydrogen) atoms. The Balaban J connectivity index is 1.78. The van der Waals surface area contributed by atoms with E-state index in [0.717, 1.165) is 26.1 Å². The van der Waals surface area contributed by atoms with Crippen LogP contribution in [0.15, 0.2) is 6.20 Å². The Hall–Kier alpha value is -1.36. The molecule has 1 aromatic heterocycles. The van der Waals surface area contributed by atoms with Gasteiger partial charge in [-0.05, 0) is 19.3 Å². The van der Waals surface area contributed by atoms with Crippen molar-refractivity contribution < 1.29 is 4.79 Å². The fraction of sp³-hybridized carbons (Fsp3) is 0.750. The Labute approximate surface area is 126 Å². The van der Waals surface area contributed by atoms with E-state index >= 15 is 0 Å². The first kappa shape index (κ1) is 14.6. The maximum absolute atomic E-state index is 12.0. The van der Waals surface area contributed by atoms with E-state index in [9.17, 15) is 4.79 Å². The summed E-state index contributed by atoms with van der Waals surface area (Å²) in [6, 6.07) is 0.00961. The molecule has 0 spiro atoms. The number of aryl methyl sites for hydroxylation is 1. The maximum atomic E-state index is 12.0. The molecule has 0 radical (unpaired) electrons. The largest absolute Gasteiger partial charge is 0.353 e. The lowest BCUT2D eigenvalue weighted by molar-refractivity contribution is -0.129.